The molecule has 2 atom stereocenters. The molecule has 0 bridgehead atoms. The van der Waals surface area contributed by atoms with Crippen LogP contribution in [0.1, 0.15) is 32.6 Å². The van der Waals surface area contributed by atoms with Crippen LogP contribution in [0.15, 0.2) is 54.6 Å². The molecule has 0 unspecified atom stereocenters. The summed E-state index contributed by atoms with van der Waals surface area (Å²) in [5.41, 5.74) is 3.08. The van der Waals surface area contributed by atoms with Crippen LogP contribution >= 0.6 is 0 Å². The molecule has 1 aliphatic carbocycles. The smallest absolute Gasteiger partial charge is 0.279 e. The lowest BCUT2D eigenvalue weighted by Gasteiger charge is -2.26. The van der Waals surface area contributed by atoms with Gasteiger partial charge in [-0.15, -0.1) is 0 Å². The summed E-state index contributed by atoms with van der Waals surface area (Å²) in [6, 6.07) is 18.8. The van der Waals surface area contributed by atoms with Crippen molar-refractivity contribution in [3.8, 4) is 11.1 Å². The van der Waals surface area contributed by atoms with Crippen molar-refractivity contribution in [1.82, 2.24) is 0 Å². The number of rotatable bonds is 5. The van der Waals surface area contributed by atoms with Crippen LogP contribution in [0.5, 0.6) is 0 Å². The van der Waals surface area contributed by atoms with E-state index < -0.39 is 0 Å². The molecular weight excluding hydrogens is 296 g/mol. The highest BCUT2D eigenvalue weighted by atomic mass is 16.1. The predicted octanol–water partition coefficient (Wildman–Crippen LogP) is 3.43. The number of carbonyl (C=O) groups is 1. The molecule has 2 aromatic rings. The van der Waals surface area contributed by atoms with Crippen LogP contribution < -0.4 is 10.6 Å². The molecule has 1 aliphatic rings. The van der Waals surface area contributed by atoms with Crippen molar-refractivity contribution in [3.05, 3.63) is 54.6 Å². The molecule has 0 aromatic heterocycles. The minimum absolute atomic E-state index is 0.0798. The molecule has 0 saturated heterocycles. The van der Waals surface area contributed by atoms with Gasteiger partial charge in [-0.2, -0.15) is 0 Å². The molecule has 1 fully saturated rings. The minimum Gasteiger partial charge on any atom is -0.336 e. The summed E-state index contributed by atoms with van der Waals surface area (Å²) in [5, 5.41) is 5.32. The Labute approximate surface area is 144 Å². The number of carbonyl (C=O) groups excluding carboxylic acids is 1. The van der Waals surface area contributed by atoms with E-state index in [9.17, 15) is 4.79 Å². The number of nitrogens with two attached hydrogens (primary N) is 1. The van der Waals surface area contributed by atoms with Crippen LogP contribution in [-0.2, 0) is 4.79 Å². The van der Waals surface area contributed by atoms with Crippen LogP contribution in [0.2, 0.25) is 0 Å². The molecule has 3 nitrogen and oxygen atoms in total. The Hall–Kier alpha value is -2.13. The highest BCUT2D eigenvalue weighted by molar-refractivity contribution is 5.95. The molecule has 3 N–H and O–H groups in total. The number of amides is 1. The Kier molecular flexibility index (Phi) is 5.65. The monoisotopic (exact) mass is 323 g/mol. The first-order chi connectivity index (χ1) is 11.7. The third-order valence-corrected chi connectivity index (χ3v) is 5.07. The molecule has 0 heterocycles. The first kappa shape index (κ1) is 16.7. The van der Waals surface area contributed by atoms with Crippen molar-refractivity contribution in [2.75, 3.05) is 11.9 Å². The van der Waals surface area contributed by atoms with Crippen LogP contribution in [0.4, 0.5) is 5.69 Å². The predicted molar refractivity (Wildman–Crippen MR) is 98.7 cm³/mol. The fourth-order valence-corrected chi connectivity index (χ4v) is 3.62. The number of hydrogen-bond acceptors (Lipinski definition) is 1. The molecule has 0 radical (unpaired) electrons. The van der Waals surface area contributed by atoms with E-state index >= 15 is 0 Å². The molecule has 0 aliphatic heterocycles. The summed E-state index contributed by atoms with van der Waals surface area (Å²) in [6.07, 6.45) is 5.15. The van der Waals surface area contributed by atoms with Gasteiger partial charge in [-0.25, -0.2) is 0 Å². The van der Waals surface area contributed by atoms with E-state index in [1.807, 2.05) is 36.4 Å². The highest BCUT2D eigenvalue weighted by Crippen LogP contribution is 2.27. The first-order valence-corrected chi connectivity index (χ1v) is 9.01. The summed E-state index contributed by atoms with van der Waals surface area (Å²) in [7, 11) is 0. The number of quaternary nitrogens is 1. The number of anilines is 1. The Balaban J connectivity index is 1.62. The van der Waals surface area contributed by atoms with Gasteiger partial charge in [0.1, 0.15) is 0 Å². The van der Waals surface area contributed by atoms with Gasteiger partial charge < -0.3 is 10.6 Å². The van der Waals surface area contributed by atoms with Gasteiger partial charge in [-0.3, -0.25) is 4.79 Å². The van der Waals surface area contributed by atoms with E-state index in [0.717, 1.165) is 16.8 Å². The van der Waals surface area contributed by atoms with E-state index in [2.05, 4.69) is 35.8 Å². The van der Waals surface area contributed by atoms with E-state index in [1.54, 1.807) is 0 Å². The minimum atomic E-state index is 0.0798. The van der Waals surface area contributed by atoms with Crippen molar-refractivity contribution in [1.29, 1.82) is 0 Å². The van der Waals surface area contributed by atoms with Gasteiger partial charge in [0.2, 0.25) is 0 Å². The van der Waals surface area contributed by atoms with Crippen LogP contribution in [0.3, 0.4) is 0 Å². The standard InChI is InChI=1S/C21H26N2O/c1-16-9-5-7-13-19(16)22-15-21(24)23-20-14-8-6-12-18(20)17-10-3-2-4-11-17/h2-4,6,8,10-12,14,16,19,22H,5,7,9,13,15H2,1H3,(H,23,24)/p+1/t16-,19+/m0/s1. The average molecular weight is 323 g/mol. The molecule has 1 saturated carbocycles. The summed E-state index contributed by atoms with van der Waals surface area (Å²) in [4.78, 5) is 12.4. The summed E-state index contributed by atoms with van der Waals surface area (Å²) < 4.78 is 0. The SMILES string of the molecule is C[C@H]1CCCC[C@H]1[NH2+]CC(=O)Nc1ccccc1-c1ccccc1. The third-order valence-electron chi connectivity index (χ3n) is 5.07. The molecule has 126 valence electrons. The first-order valence-electron chi connectivity index (χ1n) is 9.01. The number of para-hydroxylation sites is 1. The third kappa shape index (κ3) is 4.24. The van der Waals surface area contributed by atoms with Crippen LogP contribution in [0, 0.1) is 5.92 Å². The molecule has 2 aromatic carbocycles. The fraction of sp³-hybridized carbons (Fsp3) is 0.381. The van der Waals surface area contributed by atoms with Crippen LogP contribution in [0.25, 0.3) is 11.1 Å². The maximum absolute atomic E-state index is 12.4. The van der Waals surface area contributed by atoms with E-state index in [4.69, 9.17) is 0 Å². The quantitative estimate of drug-likeness (QED) is 0.870. The van der Waals surface area contributed by atoms with E-state index in [1.165, 1.54) is 25.7 Å². The normalized spacial score (nSPS) is 20.5. The highest BCUT2D eigenvalue weighted by Gasteiger charge is 2.24. The zero-order valence-electron chi connectivity index (χ0n) is 14.4. The average Bonchev–Trinajstić information content (AvgIpc) is 2.62. The summed E-state index contributed by atoms with van der Waals surface area (Å²) >= 11 is 0. The molecule has 3 heteroatoms. The molecule has 3 rings (SSSR count). The largest absolute Gasteiger partial charge is 0.336 e. The van der Waals surface area contributed by atoms with E-state index in [-0.39, 0.29) is 5.91 Å². The molecule has 0 spiro atoms. The lowest BCUT2D eigenvalue weighted by Crippen LogP contribution is -2.93. The Morgan fingerprint density at radius 2 is 1.75 bits per heavy atom. The van der Waals surface area contributed by atoms with Crippen LogP contribution in [-0.4, -0.2) is 18.5 Å². The Morgan fingerprint density at radius 1 is 1.04 bits per heavy atom. The fourth-order valence-electron chi connectivity index (χ4n) is 3.62. The topological polar surface area (TPSA) is 45.7 Å². The zero-order valence-corrected chi connectivity index (χ0v) is 14.4. The van der Waals surface area contributed by atoms with Gasteiger partial charge in [0.25, 0.3) is 5.91 Å². The Morgan fingerprint density at radius 3 is 2.54 bits per heavy atom. The Bertz CT molecular complexity index is 669. The van der Waals surface area contributed by atoms with Gasteiger partial charge in [-0.05, 0) is 30.9 Å². The lowest BCUT2D eigenvalue weighted by atomic mass is 9.86. The van der Waals surface area contributed by atoms with Crippen molar-refractivity contribution < 1.29 is 10.1 Å². The van der Waals surface area contributed by atoms with E-state index in [0.29, 0.717) is 18.5 Å². The van der Waals surface area contributed by atoms with Crippen molar-refractivity contribution in [3.63, 3.8) is 0 Å². The number of nitrogens with one attached hydrogen (secondary N) is 1. The van der Waals surface area contributed by atoms with Gasteiger partial charge in [0, 0.05) is 17.2 Å². The van der Waals surface area contributed by atoms with Crippen molar-refractivity contribution >= 4 is 11.6 Å². The lowest BCUT2D eigenvalue weighted by molar-refractivity contribution is -0.687. The van der Waals surface area contributed by atoms with Gasteiger partial charge in [0.05, 0.1) is 6.04 Å². The van der Waals surface area contributed by atoms with Gasteiger partial charge >= 0.3 is 0 Å². The second-order valence-electron chi connectivity index (χ2n) is 6.83. The zero-order chi connectivity index (χ0) is 16.8. The van der Waals surface area contributed by atoms with Crippen molar-refractivity contribution in [2.24, 2.45) is 5.92 Å². The maximum Gasteiger partial charge on any atom is 0.279 e. The summed E-state index contributed by atoms with van der Waals surface area (Å²) in [6.45, 7) is 2.81. The second-order valence-corrected chi connectivity index (χ2v) is 6.83. The number of benzene rings is 2. The maximum atomic E-state index is 12.4. The van der Waals surface area contributed by atoms with Gasteiger partial charge in [-0.1, -0.05) is 61.9 Å². The van der Waals surface area contributed by atoms with Crippen molar-refractivity contribution in [2.45, 2.75) is 38.6 Å². The summed E-state index contributed by atoms with van der Waals surface area (Å²) in [5.74, 6) is 0.791. The second kappa shape index (κ2) is 8.11. The van der Waals surface area contributed by atoms with Gasteiger partial charge in [0.15, 0.2) is 6.54 Å². The molecular formula is C21H27N2O+. The molecule has 1 amide bonds. The number of hydrogen-bond donors (Lipinski definition) is 2. The molecule has 24 heavy (non-hydrogen) atoms.